The van der Waals surface area contributed by atoms with E-state index in [0.717, 1.165) is 24.5 Å². The molecule has 3 nitrogen and oxygen atoms in total. The van der Waals surface area contributed by atoms with Crippen molar-refractivity contribution < 1.29 is 4.74 Å². The Morgan fingerprint density at radius 2 is 1.80 bits per heavy atom. The smallest absolute Gasteiger partial charge is 0.120 e. The van der Waals surface area contributed by atoms with Crippen LogP contribution in [0.25, 0.3) is 0 Å². The minimum atomic E-state index is 0.880. The first-order valence-corrected chi connectivity index (χ1v) is 6.81. The van der Waals surface area contributed by atoms with Crippen molar-refractivity contribution in [3.05, 3.63) is 59.7 Å². The number of hydrogen-bond acceptors (Lipinski definition) is 3. The molecule has 1 N–H and O–H groups in total. The fraction of sp³-hybridized carbons (Fsp3) is 0.294. The van der Waals surface area contributed by atoms with Gasteiger partial charge < -0.3 is 15.0 Å². The van der Waals surface area contributed by atoms with Crippen LogP contribution in [-0.2, 0) is 13.1 Å². The Balaban J connectivity index is 2.16. The molecule has 0 bridgehead atoms. The van der Waals surface area contributed by atoms with Crippen molar-refractivity contribution in [3.8, 4) is 5.75 Å². The number of benzene rings is 2. The fourth-order valence-electron chi connectivity index (χ4n) is 2.27. The topological polar surface area (TPSA) is 24.5 Å². The highest BCUT2D eigenvalue weighted by Gasteiger charge is 2.06. The van der Waals surface area contributed by atoms with Crippen molar-refractivity contribution in [2.24, 2.45) is 0 Å². The molecule has 0 spiro atoms. The highest BCUT2D eigenvalue weighted by molar-refractivity contribution is 5.50. The van der Waals surface area contributed by atoms with E-state index >= 15 is 0 Å². The first-order valence-electron chi connectivity index (χ1n) is 6.81. The summed E-state index contributed by atoms with van der Waals surface area (Å²) in [7, 11) is 5.77. The van der Waals surface area contributed by atoms with Gasteiger partial charge in [-0.15, -0.1) is 0 Å². The number of methoxy groups -OCH3 is 1. The predicted molar refractivity (Wildman–Crippen MR) is 84.3 cm³/mol. The van der Waals surface area contributed by atoms with Crippen LogP contribution in [0.5, 0.6) is 5.75 Å². The molecule has 0 saturated carbocycles. The standard InChI is InChI=1S/C17H22N2O/c1-18-12-14-7-4-5-8-15(14)13-19(2)16-9-6-10-17(11-16)20-3/h4-11,18H,12-13H2,1-3H3. The average molecular weight is 270 g/mol. The molecule has 0 aliphatic heterocycles. The van der Waals surface area contributed by atoms with Gasteiger partial charge in [0, 0.05) is 31.9 Å². The number of nitrogens with zero attached hydrogens (tertiary/aromatic N) is 1. The van der Waals surface area contributed by atoms with Gasteiger partial charge in [0.2, 0.25) is 0 Å². The molecule has 0 amide bonds. The summed E-state index contributed by atoms with van der Waals surface area (Å²) in [6.07, 6.45) is 0. The average Bonchev–Trinajstić information content (AvgIpc) is 2.49. The molecule has 0 atom stereocenters. The van der Waals surface area contributed by atoms with Crippen molar-refractivity contribution in [1.29, 1.82) is 0 Å². The van der Waals surface area contributed by atoms with Crippen LogP contribution < -0.4 is 15.0 Å². The summed E-state index contributed by atoms with van der Waals surface area (Å²) in [5.74, 6) is 0.887. The monoisotopic (exact) mass is 270 g/mol. The summed E-state index contributed by atoms with van der Waals surface area (Å²) in [6, 6.07) is 16.7. The lowest BCUT2D eigenvalue weighted by Crippen LogP contribution is -2.18. The number of rotatable bonds is 6. The minimum Gasteiger partial charge on any atom is -0.497 e. The molecule has 0 unspecified atom stereocenters. The zero-order chi connectivity index (χ0) is 14.4. The van der Waals surface area contributed by atoms with Gasteiger partial charge in [-0.3, -0.25) is 0 Å². The lowest BCUT2D eigenvalue weighted by molar-refractivity contribution is 0.415. The largest absolute Gasteiger partial charge is 0.497 e. The van der Waals surface area contributed by atoms with E-state index in [1.165, 1.54) is 11.1 Å². The number of ether oxygens (including phenoxy) is 1. The van der Waals surface area contributed by atoms with E-state index in [2.05, 4.69) is 53.7 Å². The normalized spacial score (nSPS) is 10.3. The molecule has 0 aliphatic rings. The molecule has 2 aromatic carbocycles. The predicted octanol–water partition coefficient (Wildman–Crippen LogP) is 3.05. The van der Waals surface area contributed by atoms with E-state index in [1.807, 2.05) is 19.2 Å². The Hall–Kier alpha value is -2.00. The van der Waals surface area contributed by atoms with Gasteiger partial charge in [0.25, 0.3) is 0 Å². The Kier molecular flexibility index (Phi) is 5.02. The summed E-state index contributed by atoms with van der Waals surface area (Å²) in [4.78, 5) is 2.23. The van der Waals surface area contributed by atoms with Crippen molar-refractivity contribution >= 4 is 5.69 Å². The zero-order valence-corrected chi connectivity index (χ0v) is 12.4. The third-order valence-corrected chi connectivity index (χ3v) is 3.39. The van der Waals surface area contributed by atoms with Crippen LogP contribution in [0.3, 0.4) is 0 Å². The maximum atomic E-state index is 5.28. The van der Waals surface area contributed by atoms with E-state index in [9.17, 15) is 0 Å². The molecule has 3 heteroatoms. The highest BCUT2D eigenvalue weighted by atomic mass is 16.5. The van der Waals surface area contributed by atoms with Crippen molar-refractivity contribution in [1.82, 2.24) is 5.32 Å². The Morgan fingerprint density at radius 3 is 2.50 bits per heavy atom. The molecule has 0 aliphatic carbocycles. The second-order valence-corrected chi connectivity index (χ2v) is 4.86. The highest BCUT2D eigenvalue weighted by Crippen LogP contribution is 2.22. The van der Waals surface area contributed by atoms with E-state index in [0.29, 0.717) is 0 Å². The minimum absolute atomic E-state index is 0.880. The van der Waals surface area contributed by atoms with Gasteiger partial charge in [0.05, 0.1) is 7.11 Å². The van der Waals surface area contributed by atoms with Crippen molar-refractivity contribution in [2.45, 2.75) is 13.1 Å². The first-order chi connectivity index (χ1) is 9.74. The maximum Gasteiger partial charge on any atom is 0.120 e. The van der Waals surface area contributed by atoms with Crippen LogP contribution in [0.15, 0.2) is 48.5 Å². The van der Waals surface area contributed by atoms with Gasteiger partial charge in [0.1, 0.15) is 5.75 Å². The van der Waals surface area contributed by atoms with Gasteiger partial charge in [-0.2, -0.15) is 0 Å². The summed E-state index contributed by atoms with van der Waals surface area (Å²) < 4.78 is 5.28. The molecule has 0 saturated heterocycles. The van der Waals surface area contributed by atoms with Crippen molar-refractivity contribution in [2.75, 3.05) is 26.1 Å². The third kappa shape index (κ3) is 3.52. The first kappa shape index (κ1) is 14.4. The Morgan fingerprint density at radius 1 is 1.05 bits per heavy atom. The molecule has 2 rings (SSSR count). The maximum absolute atomic E-state index is 5.28. The SMILES string of the molecule is CNCc1ccccc1CN(C)c1cccc(OC)c1. The molecule has 0 fully saturated rings. The number of hydrogen-bond donors (Lipinski definition) is 1. The van der Waals surface area contributed by atoms with Gasteiger partial charge in [-0.05, 0) is 30.3 Å². The van der Waals surface area contributed by atoms with Crippen LogP contribution in [0, 0.1) is 0 Å². The number of anilines is 1. The summed E-state index contributed by atoms with van der Waals surface area (Å²) in [5.41, 5.74) is 3.83. The van der Waals surface area contributed by atoms with Crippen LogP contribution in [0.1, 0.15) is 11.1 Å². The fourth-order valence-corrected chi connectivity index (χ4v) is 2.27. The van der Waals surface area contributed by atoms with Crippen LogP contribution in [-0.4, -0.2) is 21.2 Å². The number of nitrogens with one attached hydrogen (secondary N) is 1. The molecular weight excluding hydrogens is 248 g/mol. The van der Waals surface area contributed by atoms with Gasteiger partial charge >= 0.3 is 0 Å². The van der Waals surface area contributed by atoms with Gasteiger partial charge in [-0.25, -0.2) is 0 Å². The van der Waals surface area contributed by atoms with E-state index in [1.54, 1.807) is 7.11 Å². The summed E-state index contributed by atoms with van der Waals surface area (Å²) in [6.45, 7) is 1.77. The third-order valence-electron chi connectivity index (χ3n) is 3.39. The lowest BCUT2D eigenvalue weighted by atomic mass is 10.1. The molecule has 0 radical (unpaired) electrons. The molecule has 106 valence electrons. The molecule has 2 aromatic rings. The second-order valence-electron chi connectivity index (χ2n) is 4.86. The van der Waals surface area contributed by atoms with Gasteiger partial charge in [-0.1, -0.05) is 30.3 Å². The Labute approximate surface area is 121 Å². The van der Waals surface area contributed by atoms with Gasteiger partial charge in [0.15, 0.2) is 0 Å². The van der Waals surface area contributed by atoms with Crippen LogP contribution in [0.4, 0.5) is 5.69 Å². The second kappa shape index (κ2) is 6.96. The van der Waals surface area contributed by atoms with Crippen LogP contribution >= 0.6 is 0 Å². The molecule has 0 aromatic heterocycles. The molecular formula is C17H22N2O. The Bertz CT molecular complexity index is 554. The van der Waals surface area contributed by atoms with E-state index in [4.69, 9.17) is 4.74 Å². The summed E-state index contributed by atoms with van der Waals surface area (Å²) in [5, 5.41) is 3.22. The van der Waals surface area contributed by atoms with Crippen molar-refractivity contribution in [3.63, 3.8) is 0 Å². The quantitative estimate of drug-likeness (QED) is 0.873. The zero-order valence-electron chi connectivity index (χ0n) is 12.4. The summed E-state index contributed by atoms with van der Waals surface area (Å²) >= 11 is 0. The molecule has 0 heterocycles. The molecule has 20 heavy (non-hydrogen) atoms. The lowest BCUT2D eigenvalue weighted by Gasteiger charge is -2.21. The van der Waals surface area contributed by atoms with Crippen LogP contribution in [0.2, 0.25) is 0 Å². The van der Waals surface area contributed by atoms with E-state index in [-0.39, 0.29) is 0 Å². The van der Waals surface area contributed by atoms with E-state index < -0.39 is 0 Å².